The van der Waals surface area contributed by atoms with Gasteiger partial charge in [0.1, 0.15) is 5.75 Å². The normalized spacial score (nSPS) is 9.83. The van der Waals surface area contributed by atoms with Crippen LogP contribution in [0.2, 0.25) is 0 Å². The fourth-order valence-corrected chi connectivity index (χ4v) is 2.30. The van der Waals surface area contributed by atoms with Crippen molar-refractivity contribution in [3.8, 4) is 5.75 Å². The lowest BCUT2D eigenvalue weighted by Crippen LogP contribution is -2.36. The van der Waals surface area contributed by atoms with Crippen LogP contribution in [0.1, 0.15) is 15.9 Å². The molecule has 0 fully saturated rings. The molecule has 0 saturated heterocycles. The Morgan fingerprint density at radius 1 is 1.04 bits per heavy atom. The monoisotopic (exact) mass is 334 g/mol. The first-order valence-corrected chi connectivity index (χ1v) is 7.42. The molecule has 0 unspecified atom stereocenters. The van der Waals surface area contributed by atoms with Gasteiger partial charge in [-0.3, -0.25) is 4.79 Å². The number of ether oxygens (including phenoxy) is 1. The summed E-state index contributed by atoms with van der Waals surface area (Å²) in [7, 11) is 1.61. The Morgan fingerprint density at radius 2 is 1.70 bits per heavy atom. The van der Waals surface area contributed by atoms with Crippen LogP contribution < -0.4 is 10.5 Å². The van der Waals surface area contributed by atoms with E-state index in [1.807, 2.05) is 18.2 Å². The first kappa shape index (κ1) is 19.0. The molecule has 0 aliphatic rings. The Bertz CT molecular complexity index is 588. The molecule has 2 aromatic rings. The van der Waals surface area contributed by atoms with E-state index in [4.69, 9.17) is 10.5 Å². The SMILES string of the molecule is COc1ccc(C(=O)N(CCN)CCc2ccccc2)cc1.Cl. The van der Waals surface area contributed by atoms with Crippen LogP contribution in [0, 0.1) is 0 Å². The molecular formula is C18H23ClN2O2. The molecule has 5 heteroatoms. The van der Waals surface area contributed by atoms with Crippen molar-refractivity contribution in [3.05, 3.63) is 65.7 Å². The Balaban J connectivity index is 0.00000264. The van der Waals surface area contributed by atoms with Gasteiger partial charge >= 0.3 is 0 Å². The molecule has 0 aliphatic heterocycles. The van der Waals surface area contributed by atoms with Crippen LogP contribution in [0.5, 0.6) is 5.75 Å². The smallest absolute Gasteiger partial charge is 0.253 e. The van der Waals surface area contributed by atoms with E-state index in [2.05, 4.69) is 12.1 Å². The number of rotatable bonds is 7. The van der Waals surface area contributed by atoms with Crippen molar-refractivity contribution in [2.24, 2.45) is 5.73 Å². The highest BCUT2D eigenvalue weighted by molar-refractivity contribution is 5.94. The van der Waals surface area contributed by atoms with Crippen molar-refractivity contribution < 1.29 is 9.53 Å². The molecule has 2 N–H and O–H groups in total. The van der Waals surface area contributed by atoms with Crippen LogP contribution in [-0.4, -0.2) is 37.6 Å². The maximum absolute atomic E-state index is 12.6. The number of hydrogen-bond donors (Lipinski definition) is 1. The zero-order valence-electron chi connectivity index (χ0n) is 13.3. The Hall–Kier alpha value is -2.04. The zero-order chi connectivity index (χ0) is 15.8. The first-order chi connectivity index (χ1) is 10.7. The van der Waals surface area contributed by atoms with E-state index in [9.17, 15) is 4.79 Å². The van der Waals surface area contributed by atoms with Crippen molar-refractivity contribution in [1.29, 1.82) is 0 Å². The molecule has 0 aromatic heterocycles. The molecule has 2 aromatic carbocycles. The molecule has 4 nitrogen and oxygen atoms in total. The van der Waals surface area contributed by atoms with Crippen molar-refractivity contribution in [1.82, 2.24) is 4.90 Å². The van der Waals surface area contributed by atoms with E-state index >= 15 is 0 Å². The van der Waals surface area contributed by atoms with Gasteiger partial charge in [0, 0.05) is 25.2 Å². The Labute approximate surface area is 143 Å². The molecule has 0 bridgehead atoms. The summed E-state index contributed by atoms with van der Waals surface area (Å²) < 4.78 is 5.12. The predicted molar refractivity (Wildman–Crippen MR) is 95.3 cm³/mol. The van der Waals surface area contributed by atoms with Crippen molar-refractivity contribution in [2.45, 2.75) is 6.42 Å². The summed E-state index contributed by atoms with van der Waals surface area (Å²) in [5.74, 6) is 0.746. The quantitative estimate of drug-likeness (QED) is 0.847. The Morgan fingerprint density at radius 3 is 2.26 bits per heavy atom. The number of halogens is 1. The van der Waals surface area contributed by atoms with Crippen molar-refractivity contribution >= 4 is 18.3 Å². The summed E-state index contributed by atoms with van der Waals surface area (Å²) in [6, 6.07) is 17.3. The Kier molecular flexibility index (Phi) is 8.16. The van der Waals surface area contributed by atoms with Gasteiger partial charge in [-0.25, -0.2) is 0 Å². The largest absolute Gasteiger partial charge is 0.497 e. The fourth-order valence-electron chi connectivity index (χ4n) is 2.30. The van der Waals surface area contributed by atoms with Gasteiger partial charge < -0.3 is 15.4 Å². The van der Waals surface area contributed by atoms with Gasteiger partial charge in [-0.05, 0) is 36.2 Å². The number of nitrogens with two attached hydrogens (primary N) is 1. The van der Waals surface area contributed by atoms with Gasteiger partial charge in [0.25, 0.3) is 5.91 Å². The number of carbonyl (C=O) groups excluding carboxylic acids is 1. The van der Waals surface area contributed by atoms with Crippen LogP contribution in [0.3, 0.4) is 0 Å². The summed E-state index contributed by atoms with van der Waals surface area (Å²) in [6.45, 7) is 1.67. The van der Waals surface area contributed by atoms with Crippen LogP contribution in [0.4, 0.5) is 0 Å². The highest BCUT2D eigenvalue weighted by Crippen LogP contribution is 2.13. The molecule has 0 aliphatic carbocycles. The van der Waals surface area contributed by atoms with Gasteiger partial charge in [-0.1, -0.05) is 30.3 Å². The topological polar surface area (TPSA) is 55.6 Å². The maximum Gasteiger partial charge on any atom is 0.253 e. The zero-order valence-corrected chi connectivity index (χ0v) is 14.1. The maximum atomic E-state index is 12.6. The lowest BCUT2D eigenvalue weighted by molar-refractivity contribution is 0.0762. The molecular weight excluding hydrogens is 312 g/mol. The summed E-state index contributed by atoms with van der Waals surface area (Å²) in [4.78, 5) is 14.4. The van der Waals surface area contributed by atoms with Gasteiger partial charge in [0.2, 0.25) is 0 Å². The number of benzene rings is 2. The minimum absolute atomic E-state index is 0. The predicted octanol–water partition coefficient (Wildman–Crippen LogP) is 2.76. The van der Waals surface area contributed by atoms with Gasteiger partial charge in [-0.2, -0.15) is 0 Å². The summed E-state index contributed by atoms with van der Waals surface area (Å²) in [6.07, 6.45) is 0.822. The number of carbonyl (C=O) groups is 1. The number of amides is 1. The third-order valence-electron chi connectivity index (χ3n) is 3.54. The highest BCUT2D eigenvalue weighted by atomic mass is 35.5. The van der Waals surface area contributed by atoms with Crippen LogP contribution >= 0.6 is 12.4 Å². The minimum atomic E-state index is 0. The molecule has 124 valence electrons. The molecule has 0 radical (unpaired) electrons. The second-order valence-electron chi connectivity index (χ2n) is 5.04. The molecule has 0 spiro atoms. The lowest BCUT2D eigenvalue weighted by atomic mass is 10.1. The fraction of sp³-hybridized carbons (Fsp3) is 0.278. The van der Waals surface area contributed by atoms with E-state index in [0.29, 0.717) is 25.2 Å². The van der Waals surface area contributed by atoms with E-state index in [1.54, 1.807) is 36.3 Å². The number of nitrogens with zero attached hydrogens (tertiary/aromatic N) is 1. The van der Waals surface area contributed by atoms with Crippen LogP contribution in [0.15, 0.2) is 54.6 Å². The second-order valence-corrected chi connectivity index (χ2v) is 5.04. The molecule has 2 rings (SSSR count). The summed E-state index contributed by atoms with van der Waals surface area (Å²) in [5.41, 5.74) is 7.52. The average molecular weight is 335 g/mol. The van der Waals surface area contributed by atoms with Crippen molar-refractivity contribution in [2.75, 3.05) is 26.7 Å². The lowest BCUT2D eigenvalue weighted by Gasteiger charge is -2.22. The van der Waals surface area contributed by atoms with Gasteiger partial charge in [0.05, 0.1) is 7.11 Å². The van der Waals surface area contributed by atoms with Crippen LogP contribution in [-0.2, 0) is 6.42 Å². The molecule has 1 amide bonds. The van der Waals surface area contributed by atoms with Crippen LogP contribution in [0.25, 0.3) is 0 Å². The molecule has 0 atom stereocenters. The minimum Gasteiger partial charge on any atom is -0.497 e. The standard InChI is InChI=1S/C18H22N2O2.ClH/c1-22-17-9-7-16(8-10-17)18(21)20(14-12-19)13-11-15-5-3-2-4-6-15;/h2-10H,11-14,19H2,1H3;1H. The molecule has 23 heavy (non-hydrogen) atoms. The summed E-state index contributed by atoms with van der Waals surface area (Å²) in [5, 5.41) is 0. The first-order valence-electron chi connectivity index (χ1n) is 7.42. The van der Waals surface area contributed by atoms with Crippen molar-refractivity contribution in [3.63, 3.8) is 0 Å². The third-order valence-corrected chi connectivity index (χ3v) is 3.54. The molecule has 0 heterocycles. The van der Waals surface area contributed by atoms with E-state index in [0.717, 1.165) is 12.2 Å². The number of methoxy groups -OCH3 is 1. The third kappa shape index (κ3) is 5.58. The van der Waals surface area contributed by atoms with Gasteiger partial charge in [0.15, 0.2) is 0 Å². The summed E-state index contributed by atoms with van der Waals surface area (Å²) >= 11 is 0. The number of hydrogen-bond acceptors (Lipinski definition) is 3. The average Bonchev–Trinajstić information content (AvgIpc) is 2.59. The van der Waals surface area contributed by atoms with E-state index in [-0.39, 0.29) is 18.3 Å². The van der Waals surface area contributed by atoms with Gasteiger partial charge in [-0.15, -0.1) is 12.4 Å². The second kappa shape index (κ2) is 9.87. The van der Waals surface area contributed by atoms with E-state index < -0.39 is 0 Å². The highest BCUT2D eigenvalue weighted by Gasteiger charge is 2.15. The molecule has 0 saturated carbocycles. The van der Waals surface area contributed by atoms with E-state index in [1.165, 1.54) is 5.56 Å².